The van der Waals surface area contributed by atoms with E-state index in [0.29, 0.717) is 30.6 Å². The second-order valence-corrected chi connectivity index (χ2v) is 12.3. The third-order valence-corrected chi connectivity index (χ3v) is 10.5. The van der Waals surface area contributed by atoms with E-state index >= 15 is 0 Å². The fourth-order valence-corrected chi connectivity index (χ4v) is 8.43. The predicted octanol–water partition coefficient (Wildman–Crippen LogP) is 4.51. The van der Waals surface area contributed by atoms with Crippen molar-refractivity contribution in [2.75, 3.05) is 0 Å². The highest BCUT2D eigenvalue weighted by molar-refractivity contribution is 5.91. The number of carbonyl (C=O) groups excluding carboxylic acids is 1. The summed E-state index contributed by atoms with van der Waals surface area (Å²) in [4.78, 5) is 12.1. The molecule has 0 heterocycles. The molecule has 0 aromatic carbocycles. The van der Waals surface area contributed by atoms with Crippen molar-refractivity contribution >= 4 is 5.78 Å². The minimum atomic E-state index is -0.413. The molecule has 176 valence electrons. The lowest BCUT2D eigenvalue weighted by atomic mass is 9.45. The number of hydrogen-bond acceptors (Lipinski definition) is 4. The molecule has 3 fully saturated rings. The number of aliphatic hydroxyl groups excluding tert-OH is 3. The molecule has 0 saturated heterocycles. The molecule has 4 nitrogen and oxygen atoms in total. The fraction of sp³-hybridized carbons (Fsp3) is 0.889. The summed E-state index contributed by atoms with van der Waals surface area (Å²) in [7, 11) is 0. The molecule has 0 aromatic rings. The highest BCUT2D eigenvalue weighted by Gasteiger charge is 2.64. The smallest absolute Gasteiger partial charge is 0.155 e. The van der Waals surface area contributed by atoms with Crippen LogP contribution in [0.2, 0.25) is 0 Å². The second-order valence-electron chi connectivity index (χ2n) is 12.3. The van der Waals surface area contributed by atoms with Crippen LogP contribution in [-0.2, 0) is 4.79 Å². The second kappa shape index (κ2) is 8.25. The van der Waals surface area contributed by atoms with Crippen molar-refractivity contribution in [1.29, 1.82) is 0 Å². The van der Waals surface area contributed by atoms with Crippen LogP contribution < -0.4 is 0 Å². The Balaban J connectivity index is 1.58. The Morgan fingerprint density at radius 3 is 2.48 bits per heavy atom. The van der Waals surface area contributed by atoms with Crippen LogP contribution in [0, 0.1) is 46.3 Å². The van der Waals surface area contributed by atoms with Gasteiger partial charge in [-0.3, -0.25) is 4.79 Å². The number of ketones is 1. The molecule has 3 N–H and O–H groups in total. The fourth-order valence-electron chi connectivity index (χ4n) is 8.43. The molecule has 0 radical (unpaired) electrons. The predicted molar refractivity (Wildman–Crippen MR) is 122 cm³/mol. The molecule has 0 aliphatic heterocycles. The van der Waals surface area contributed by atoms with Gasteiger partial charge in [-0.25, -0.2) is 0 Å². The maximum absolute atomic E-state index is 12.1. The molecule has 0 spiro atoms. The molecule has 4 heteroatoms. The van der Waals surface area contributed by atoms with E-state index in [2.05, 4.69) is 34.6 Å². The highest BCUT2D eigenvalue weighted by Crippen LogP contribution is 2.67. The van der Waals surface area contributed by atoms with Gasteiger partial charge in [0.05, 0.1) is 18.3 Å². The largest absolute Gasteiger partial charge is 0.393 e. The Morgan fingerprint density at radius 2 is 1.81 bits per heavy atom. The van der Waals surface area contributed by atoms with Crippen LogP contribution >= 0.6 is 0 Å². The zero-order valence-electron chi connectivity index (χ0n) is 20.2. The van der Waals surface area contributed by atoms with Crippen LogP contribution in [-0.4, -0.2) is 39.4 Å². The first-order valence-electron chi connectivity index (χ1n) is 12.8. The van der Waals surface area contributed by atoms with Gasteiger partial charge in [0.25, 0.3) is 0 Å². The first-order chi connectivity index (χ1) is 14.5. The van der Waals surface area contributed by atoms with Gasteiger partial charge in [-0.15, -0.1) is 0 Å². The summed E-state index contributed by atoms with van der Waals surface area (Å²) < 4.78 is 0. The molecule has 4 rings (SSSR count). The van der Waals surface area contributed by atoms with Gasteiger partial charge in [-0.05, 0) is 97.4 Å². The van der Waals surface area contributed by atoms with Gasteiger partial charge in [0.1, 0.15) is 0 Å². The molecule has 1 unspecified atom stereocenters. The third kappa shape index (κ3) is 3.65. The van der Waals surface area contributed by atoms with E-state index < -0.39 is 6.10 Å². The maximum atomic E-state index is 12.1. The van der Waals surface area contributed by atoms with Crippen LogP contribution in [0.3, 0.4) is 0 Å². The topological polar surface area (TPSA) is 77.8 Å². The molecular formula is C27H44O4. The van der Waals surface area contributed by atoms with Crippen molar-refractivity contribution in [3.8, 4) is 0 Å². The van der Waals surface area contributed by atoms with Gasteiger partial charge in [-0.2, -0.15) is 0 Å². The van der Waals surface area contributed by atoms with Gasteiger partial charge in [-0.1, -0.05) is 40.2 Å². The minimum absolute atomic E-state index is 0.0643. The van der Waals surface area contributed by atoms with Crippen molar-refractivity contribution in [2.45, 2.75) is 104 Å². The van der Waals surface area contributed by atoms with Crippen LogP contribution in [0.25, 0.3) is 0 Å². The standard InChI is InChI=1S/C27H44O4/c1-15(2)22(29)9-6-16(3)19-7-8-20-25-21(14-24(31)27(19,20)5)26(4)11-10-18(28)12-17(26)13-23(25)30/h12,15-16,19-25,29-31H,6-11,13-14H2,1-5H3/t16-,19-,20+,21+,22?,23-,24+,25+,26+,27-/m1/s1. The van der Waals surface area contributed by atoms with E-state index in [9.17, 15) is 20.1 Å². The summed E-state index contributed by atoms with van der Waals surface area (Å²) in [5, 5.41) is 33.2. The average molecular weight is 433 g/mol. The van der Waals surface area contributed by atoms with E-state index in [0.717, 1.165) is 44.1 Å². The molecule has 0 aromatic heterocycles. The quantitative estimate of drug-likeness (QED) is 0.597. The number of fused-ring (bicyclic) bond motifs is 5. The van der Waals surface area contributed by atoms with Crippen LogP contribution in [0.1, 0.15) is 86.0 Å². The minimum Gasteiger partial charge on any atom is -0.393 e. The molecule has 0 amide bonds. The van der Waals surface area contributed by atoms with Crippen molar-refractivity contribution in [3.05, 3.63) is 11.6 Å². The lowest BCUT2D eigenvalue weighted by Crippen LogP contribution is -2.60. The number of rotatable bonds is 5. The molecule has 4 aliphatic carbocycles. The number of aliphatic hydroxyl groups is 3. The van der Waals surface area contributed by atoms with Crippen LogP contribution in [0.15, 0.2) is 11.6 Å². The SMILES string of the molecule is CC(C)C(O)CC[C@@H](C)[C@H]1CC[C@H]2[C@@H]3[C@H](O)CC4=CC(=O)CC[C@]4(C)[C@H]3C[C@H](O)[C@]12C. The zero-order valence-corrected chi connectivity index (χ0v) is 20.2. The summed E-state index contributed by atoms with van der Waals surface area (Å²) in [6.45, 7) is 11.0. The Hall–Kier alpha value is -0.710. The van der Waals surface area contributed by atoms with Gasteiger partial charge in [0.15, 0.2) is 5.78 Å². The Morgan fingerprint density at radius 1 is 1.10 bits per heavy atom. The Kier molecular flexibility index (Phi) is 6.24. The van der Waals surface area contributed by atoms with E-state index in [-0.39, 0.29) is 46.6 Å². The van der Waals surface area contributed by atoms with Gasteiger partial charge in [0.2, 0.25) is 0 Å². The lowest BCUT2D eigenvalue weighted by Gasteiger charge is -2.61. The summed E-state index contributed by atoms with van der Waals surface area (Å²) in [5.74, 6) is 2.14. The van der Waals surface area contributed by atoms with Gasteiger partial charge in [0, 0.05) is 6.42 Å². The third-order valence-electron chi connectivity index (χ3n) is 10.5. The van der Waals surface area contributed by atoms with Crippen molar-refractivity contribution in [1.82, 2.24) is 0 Å². The van der Waals surface area contributed by atoms with Crippen LogP contribution in [0.4, 0.5) is 0 Å². The van der Waals surface area contributed by atoms with Gasteiger partial charge >= 0.3 is 0 Å². The zero-order chi connectivity index (χ0) is 22.7. The van der Waals surface area contributed by atoms with E-state index in [1.807, 2.05) is 6.08 Å². The van der Waals surface area contributed by atoms with Crippen LogP contribution in [0.5, 0.6) is 0 Å². The molecule has 31 heavy (non-hydrogen) atoms. The molecular weight excluding hydrogens is 388 g/mol. The van der Waals surface area contributed by atoms with Crippen molar-refractivity contribution < 1.29 is 20.1 Å². The van der Waals surface area contributed by atoms with E-state index in [1.165, 1.54) is 0 Å². The molecule has 3 saturated carbocycles. The Labute approximate surface area is 188 Å². The summed E-state index contributed by atoms with van der Waals surface area (Å²) in [6, 6.07) is 0. The first kappa shape index (κ1) is 23.4. The number of hydrogen-bond donors (Lipinski definition) is 3. The van der Waals surface area contributed by atoms with E-state index in [1.54, 1.807) is 0 Å². The molecule has 0 bridgehead atoms. The van der Waals surface area contributed by atoms with Crippen molar-refractivity contribution in [2.24, 2.45) is 46.3 Å². The van der Waals surface area contributed by atoms with Gasteiger partial charge < -0.3 is 15.3 Å². The average Bonchev–Trinajstić information content (AvgIpc) is 3.06. The van der Waals surface area contributed by atoms with Crippen molar-refractivity contribution in [3.63, 3.8) is 0 Å². The lowest BCUT2D eigenvalue weighted by molar-refractivity contribution is -0.168. The molecule has 4 aliphatic rings. The summed E-state index contributed by atoms with van der Waals surface area (Å²) in [5.41, 5.74) is 0.885. The summed E-state index contributed by atoms with van der Waals surface area (Å²) in [6.07, 6.45) is 7.55. The van der Waals surface area contributed by atoms with E-state index in [4.69, 9.17) is 0 Å². The highest BCUT2D eigenvalue weighted by atomic mass is 16.3. The molecule has 10 atom stereocenters. The first-order valence-corrected chi connectivity index (χ1v) is 12.8. The summed E-state index contributed by atoms with van der Waals surface area (Å²) >= 11 is 0. The maximum Gasteiger partial charge on any atom is 0.155 e. The number of carbonyl (C=O) groups is 1. The monoisotopic (exact) mass is 432 g/mol. The Bertz CT molecular complexity index is 729. The normalized spacial score (nSPS) is 46.7.